The van der Waals surface area contributed by atoms with Crippen LogP contribution in [-0.2, 0) is 0 Å². The van der Waals surface area contributed by atoms with E-state index in [0.29, 0.717) is 37.0 Å². The Morgan fingerprint density at radius 1 is 1.00 bits per heavy atom. The summed E-state index contributed by atoms with van der Waals surface area (Å²) < 4.78 is 16.6. The lowest BCUT2D eigenvalue weighted by molar-refractivity contribution is 0.0929. The van der Waals surface area contributed by atoms with Crippen molar-refractivity contribution in [3.05, 3.63) is 65.9 Å². The summed E-state index contributed by atoms with van der Waals surface area (Å²) in [5.74, 6) is 1.65. The zero-order valence-corrected chi connectivity index (χ0v) is 17.3. The number of benzene rings is 2. The summed E-state index contributed by atoms with van der Waals surface area (Å²) in [6.07, 6.45) is 2.39. The van der Waals surface area contributed by atoms with Gasteiger partial charge < -0.3 is 19.3 Å². The van der Waals surface area contributed by atoms with Crippen molar-refractivity contribution in [1.82, 2.24) is 15.4 Å². The Balaban J connectivity index is 1.28. The van der Waals surface area contributed by atoms with E-state index in [4.69, 9.17) is 14.0 Å². The number of carbonyl (C=O) groups is 1. The number of hydrogen-bond donors (Lipinski definition) is 1. The van der Waals surface area contributed by atoms with Crippen LogP contribution in [0.3, 0.4) is 0 Å². The average Bonchev–Trinajstić information content (AvgIpc) is 3.52. The molecule has 1 aromatic heterocycles. The molecule has 2 aliphatic rings. The minimum Gasteiger partial charge on any atom is -0.486 e. The van der Waals surface area contributed by atoms with Crippen molar-refractivity contribution in [1.29, 1.82) is 0 Å². The van der Waals surface area contributed by atoms with E-state index >= 15 is 0 Å². The number of nitrogens with one attached hydrogen (secondary N) is 1. The summed E-state index contributed by atoms with van der Waals surface area (Å²) >= 11 is 0. The Hall–Kier alpha value is -3.32. The Kier molecular flexibility index (Phi) is 5.58. The van der Waals surface area contributed by atoms with E-state index in [1.165, 1.54) is 18.4 Å². The van der Waals surface area contributed by atoms with Gasteiger partial charge in [-0.15, -0.1) is 0 Å². The van der Waals surface area contributed by atoms with Gasteiger partial charge in [-0.05, 0) is 49.7 Å². The number of fused-ring (bicyclic) bond motifs is 1. The normalized spacial score (nSPS) is 16.8. The molecular weight excluding hydrogens is 394 g/mol. The molecule has 3 heterocycles. The molecule has 1 saturated heterocycles. The van der Waals surface area contributed by atoms with Crippen molar-refractivity contribution in [2.24, 2.45) is 0 Å². The number of hydrogen-bond acceptors (Lipinski definition) is 6. The summed E-state index contributed by atoms with van der Waals surface area (Å²) in [7, 11) is 0. The molecule has 31 heavy (non-hydrogen) atoms. The zero-order chi connectivity index (χ0) is 21.0. The first-order valence-electron chi connectivity index (χ1n) is 10.7. The first kappa shape index (κ1) is 19.6. The van der Waals surface area contributed by atoms with Gasteiger partial charge >= 0.3 is 0 Å². The van der Waals surface area contributed by atoms with Crippen LogP contribution in [-0.4, -0.2) is 48.8 Å². The maximum atomic E-state index is 12.8. The van der Waals surface area contributed by atoms with Gasteiger partial charge in [0, 0.05) is 18.2 Å². The predicted octanol–water partition coefficient (Wildman–Crippen LogP) is 3.68. The van der Waals surface area contributed by atoms with Crippen LogP contribution in [0.25, 0.3) is 11.3 Å². The van der Waals surface area contributed by atoms with Crippen LogP contribution in [0, 0.1) is 0 Å². The summed E-state index contributed by atoms with van der Waals surface area (Å²) in [6.45, 7) is 3.68. The Morgan fingerprint density at radius 3 is 2.58 bits per heavy atom. The second-order valence-electron chi connectivity index (χ2n) is 7.81. The highest BCUT2D eigenvalue weighted by Gasteiger charge is 2.25. The number of likely N-dealkylation sites (tertiary alicyclic amines) is 1. The highest BCUT2D eigenvalue weighted by Crippen LogP contribution is 2.34. The van der Waals surface area contributed by atoms with Gasteiger partial charge in [0.25, 0.3) is 5.91 Å². The molecule has 2 aromatic carbocycles. The third kappa shape index (κ3) is 4.27. The number of nitrogens with zero attached hydrogens (tertiary/aromatic N) is 2. The third-order valence-corrected chi connectivity index (χ3v) is 5.79. The first-order valence-corrected chi connectivity index (χ1v) is 10.7. The van der Waals surface area contributed by atoms with Crippen molar-refractivity contribution in [3.63, 3.8) is 0 Å². The number of aromatic nitrogens is 1. The third-order valence-electron chi connectivity index (χ3n) is 5.79. The number of carbonyl (C=O) groups excluding carboxylic acids is 1. The van der Waals surface area contributed by atoms with E-state index in [2.05, 4.69) is 27.5 Å². The summed E-state index contributed by atoms with van der Waals surface area (Å²) in [5.41, 5.74) is 2.26. The molecule has 1 fully saturated rings. The first-order chi connectivity index (χ1) is 15.3. The van der Waals surface area contributed by atoms with Crippen LogP contribution < -0.4 is 14.8 Å². The molecular formula is C24H25N3O4. The molecule has 0 saturated carbocycles. The van der Waals surface area contributed by atoms with Gasteiger partial charge in [0.05, 0.1) is 6.04 Å². The molecule has 0 unspecified atom stereocenters. The molecule has 1 atom stereocenters. The van der Waals surface area contributed by atoms with Crippen LogP contribution in [0.15, 0.2) is 59.1 Å². The lowest BCUT2D eigenvalue weighted by Crippen LogP contribution is -2.36. The van der Waals surface area contributed by atoms with Gasteiger partial charge in [-0.25, -0.2) is 0 Å². The highest BCUT2D eigenvalue weighted by atomic mass is 16.6. The van der Waals surface area contributed by atoms with E-state index < -0.39 is 0 Å². The van der Waals surface area contributed by atoms with Crippen molar-refractivity contribution in [2.45, 2.75) is 18.9 Å². The second kappa shape index (κ2) is 8.81. The smallest absolute Gasteiger partial charge is 0.273 e. The quantitative estimate of drug-likeness (QED) is 0.657. The fraction of sp³-hybridized carbons (Fsp3) is 0.333. The van der Waals surface area contributed by atoms with E-state index in [9.17, 15) is 4.79 Å². The van der Waals surface area contributed by atoms with Crippen LogP contribution in [0.4, 0.5) is 0 Å². The zero-order valence-electron chi connectivity index (χ0n) is 17.3. The maximum absolute atomic E-state index is 12.8. The molecule has 5 rings (SSSR count). The van der Waals surface area contributed by atoms with Gasteiger partial charge in [0.2, 0.25) is 0 Å². The van der Waals surface area contributed by atoms with Gasteiger partial charge in [-0.3, -0.25) is 9.69 Å². The summed E-state index contributed by atoms with van der Waals surface area (Å²) in [6, 6.07) is 17.7. The van der Waals surface area contributed by atoms with Gasteiger partial charge in [-0.1, -0.05) is 35.5 Å². The molecule has 0 spiro atoms. The Morgan fingerprint density at radius 2 is 1.77 bits per heavy atom. The monoisotopic (exact) mass is 419 g/mol. The Bertz CT molecular complexity index is 1040. The predicted molar refractivity (Wildman–Crippen MR) is 115 cm³/mol. The fourth-order valence-corrected chi connectivity index (χ4v) is 4.18. The van der Waals surface area contributed by atoms with Gasteiger partial charge in [0.1, 0.15) is 13.2 Å². The molecule has 1 N–H and O–H groups in total. The molecule has 1 amide bonds. The SMILES string of the molecule is O=C(NC[C@@H](c1ccccc1)N1CCCC1)c1cc(-c2ccc3c(c2)OCCO3)on1. The van der Waals surface area contributed by atoms with Crippen LogP contribution in [0.5, 0.6) is 11.5 Å². The molecule has 7 nitrogen and oxygen atoms in total. The average molecular weight is 419 g/mol. The molecule has 0 aliphatic carbocycles. The lowest BCUT2D eigenvalue weighted by atomic mass is 10.1. The molecule has 160 valence electrons. The molecule has 0 bridgehead atoms. The van der Waals surface area contributed by atoms with E-state index in [-0.39, 0.29) is 17.6 Å². The highest BCUT2D eigenvalue weighted by molar-refractivity contribution is 5.93. The van der Waals surface area contributed by atoms with Gasteiger partial charge in [0.15, 0.2) is 23.0 Å². The van der Waals surface area contributed by atoms with E-state index in [0.717, 1.165) is 18.7 Å². The second-order valence-corrected chi connectivity index (χ2v) is 7.81. The van der Waals surface area contributed by atoms with E-state index in [1.807, 2.05) is 36.4 Å². The minimum absolute atomic E-state index is 0.150. The van der Waals surface area contributed by atoms with Crippen LogP contribution >= 0.6 is 0 Å². The van der Waals surface area contributed by atoms with E-state index in [1.54, 1.807) is 6.07 Å². The van der Waals surface area contributed by atoms with Crippen LogP contribution in [0.2, 0.25) is 0 Å². The minimum atomic E-state index is -0.243. The Labute approximate surface area is 180 Å². The fourth-order valence-electron chi connectivity index (χ4n) is 4.18. The lowest BCUT2D eigenvalue weighted by Gasteiger charge is -2.28. The summed E-state index contributed by atoms with van der Waals surface area (Å²) in [4.78, 5) is 15.2. The topological polar surface area (TPSA) is 76.8 Å². The standard InChI is InChI=1S/C24H25N3O4/c28-24(25-16-20(27-10-4-5-11-27)17-6-2-1-3-7-17)19-15-22(31-26-19)18-8-9-21-23(14-18)30-13-12-29-21/h1-3,6-9,14-15,20H,4-5,10-13,16H2,(H,25,28)/t20-/m0/s1. The van der Waals surface area contributed by atoms with Crippen molar-refractivity contribution < 1.29 is 18.8 Å². The molecule has 0 radical (unpaired) electrons. The largest absolute Gasteiger partial charge is 0.486 e. The summed E-state index contributed by atoms with van der Waals surface area (Å²) in [5, 5.41) is 7.02. The molecule has 2 aliphatic heterocycles. The van der Waals surface area contributed by atoms with Crippen molar-refractivity contribution in [3.8, 4) is 22.8 Å². The van der Waals surface area contributed by atoms with Gasteiger partial charge in [-0.2, -0.15) is 0 Å². The number of amides is 1. The number of ether oxygens (including phenoxy) is 2. The molecule has 3 aromatic rings. The van der Waals surface area contributed by atoms with Crippen molar-refractivity contribution in [2.75, 3.05) is 32.8 Å². The van der Waals surface area contributed by atoms with Crippen LogP contribution in [0.1, 0.15) is 34.9 Å². The number of rotatable bonds is 6. The maximum Gasteiger partial charge on any atom is 0.273 e. The molecule has 7 heteroatoms. The van der Waals surface area contributed by atoms with Crippen molar-refractivity contribution >= 4 is 5.91 Å².